The van der Waals surface area contributed by atoms with Gasteiger partial charge >= 0.3 is 6.03 Å². The lowest BCUT2D eigenvalue weighted by Crippen LogP contribution is -2.49. The van der Waals surface area contributed by atoms with Gasteiger partial charge in [0, 0.05) is 36.6 Å². The molecule has 0 radical (unpaired) electrons. The molecule has 1 aromatic heterocycles. The summed E-state index contributed by atoms with van der Waals surface area (Å²) in [6.07, 6.45) is 4.26. The number of amides is 2. The first-order valence-electron chi connectivity index (χ1n) is 8.63. The van der Waals surface area contributed by atoms with Crippen molar-refractivity contribution in [3.05, 3.63) is 21.9 Å². The summed E-state index contributed by atoms with van der Waals surface area (Å²) in [4.78, 5) is 16.0. The summed E-state index contributed by atoms with van der Waals surface area (Å²) in [5, 5.41) is 17.7. The average Bonchev–Trinajstić information content (AvgIpc) is 3.02. The van der Waals surface area contributed by atoms with Gasteiger partial charge in [0.25, 0.3) is 0 Å². The van der Waals surface area contributed by atoms with E-state index >= 15 is 0 Å². The molecule has 23 heavy (non-hydrogen) atoms. The van der Waals surface area contributed by atoms with Crippen molar-refractivity contribution in [1.29, 1.82) is 0 Å². The fourth-order valence-corrected chi connectivity index (χ4v) is 4.36. The molecule has 2 amide bonds. The Balaban J connectivity index is 1.39. The van der Waals surface area contributed by atoms with Gasteiger partial charge in [-0.05, 0) is 56.0 Å². The van der Waals surface area contributed by atoms with Crippen molar-refractivity contribution in [1.82, 2.24) is 15.5 Å². The summed E-state index contributed by atoms with van der Waals surface area (Å²) in [7, 11) is 0. The van der Waals surface area contributed by atoms with Gasteiger partial charge in [0.2, 0.25) is 0 Å². The Labute approximate surface area is 142 Å². The zero-order valence-corrected chi connectivity index (χ0v) is 14.6. The zero-order chi connectivity index (χ0) is 16.2. The second-order valence-corrected chi connectivity index (χ2v) is 7.80. The lowest BCUT2D eigenvalue weighted by Gasteiger charge is -2.33. The van der Waals surface area contributed by atoms with Crippen molar-refractivity contribution in [3.63, 3.8) is 0 Å². The second kappa shape index (κ2) is 7.64. The smallest absolute Gasteiger partial charge is 0.315 e. The molecule has 2 heterocycles. The molecule has 0 bridgehead atoms. The van der Waals surface area contributed by atoms with Crippen molar-refractivity contribution in [3.8, 4) is 0 Å². The predicted molar refractivity (Wildman–Crippen MR) is 92.7 cm³/mol. The van der Waals surface area contributed by atoms with Crippen LogP contribution < -0.4 is 10.6 Å². The summed E-state index contributed by atoms with van der Waals surface area (Å²) < 4.78 is 0. The minimum absolute atomic E-state index is 0.0773. The Morgan fingerprint density at radius 1 is 1.43 bits per heavy atom. The van der Waals surface area contributed by atoms with Crippen LogP contribution in [-0.2, 0) is 13.0 Å². The zero-order valence-electron chi connectivity index (χ0n) is 13.8. The lowest BCUT2D eigenvalue weighted by molar-refractivity contribution is 0.117. The molecule has 5 nitrogen and oxygen atoms in total. The molecule has 0 aromatic carbocycles. The van der Waals surface area contributed by atoms with Crippen LogP contribution in [0.5, 0.6) is 0 Å². The minimum Gasteiger partial charge on any atom is -0.393 e. The standard InChI is InChI=1S/C17H27N3O2S/c1-12(20-8-6-16-13(11-20)7-9-23-16)10-18-17(22)19-14-2-4-15(21)5-3-14/h7,9,12,14-15,21H,2-6,8,10-11H2,1H3,(H2,18,19,22). The van der Waals surface area contributed by atoms with Crippen molar-refractivity contribution in [2.45, 2.75) is 63.8 Å². The average molecular weight is 337 g/mol. The number of nitrogens with zero attached hydrogens (tertiary/aromatic N) is 1. The lowest BCUT2D eigenvalue weighted by atomic mass is 9.93. The van der Waals surface area contributed by atoms with Crippen LogP contribution in [0.4, 0.5) is 4.79 Å². The number of urea groups is 1. The first-order valence-corrected chi connectivity index (χ1v) is 9.51. The van der Waals surface area contributed by atoms with Crippen molar-refractivity contribution in [2.75, 3.05) is 13.1 Å². The van der Waals surface area contributed by atoms with Gasteiger partial charge < -0.3 is 15.7 Å². The third-order valence-corrected chi connectivity index (χ3v) is 6.07. The molecule has 3 N–H and O–H groups in total. The third-order valence-electron chi connectivity index (χ3n) is 5.05. The van der Waals surface area contributed by atoms with E-state index in [2.05, 4.69) is 33.9 Å². The number of hydrogen-bond donors (Lipinski definition) is 3. The minimum atomic E-state index is -0.183. The Morgan fingerprint density at radius 3 is 3.00 bits per heavy atom. The van der Waals surface area contributed by atoms with E-state index in [-0.39, 0.29) is 18.2 Å². The molecule has 1 aromatic rings. The van der Waals surface area contributed by atoms with E-state index in [0.717, 1.165) is 45.2 Å². The topological polar surface area (TPSA) is 64.6 Å². The highest BCUT2D eigenvalue weighted by atomic mass is 32.1. The molecule has 1 atom stereocenters. The van der Waals surface area contributed by atoms with E-state index in [9.17, 15) is 9.90 Å². The van der Waals surface area contributed by atoms with E-state index < -0.39 is 0 Å². The van der Waals surface area contributed by atoms with Crippen LogP contribution >= 0.6 is 11.3 Å². The summed E-state index contributed by atoms with van der Waals surface area (Å²) in [5.41, 5.74) is 1.44. The molecular weight excluding hydrogens is 310 g/mol. The Morgan fingerprint density at radius 2 is 2.22 bits per heavy atom. The van der Waals surface area contributed by atoms with Gasteiger partial charge in [-0.1, -0.05) is 0 Å². The van der Waals surface area contributed by atoms with Crippen molar-refractivity contribution >= 4 is 17.4 Å². The van der Waals surface area contributed by atoms with Crippen LogP contribution in [0.3, 0.4) is 0 Å². The SMILES string of the molecule is CC(CNC(=O)NC1CCC(O)CC1)N1CCc2sccc2C1. The van der Waals surface area contributed by atoms with Gasteiger partial charge in [-0.15, -0.1) is 11.3 Å². The summed E-state index contributed by atoms with van der Waals surface area (Å²) in [5.74, 6) is 0. The number of aliphatic hydroxyl groups is 1. The van der Waals surface area contributed by atoms with E-state index in [1.165, 1.54) is 10.4 Å². The fraction of sp³-hybridized carbons (Fsp3) is 0.706. The molecule has 128 valence electrons. The number of fused-ring (bicyclic) bond motifs is 1. The summed E-state index contributed by atoms with van der Waals surface area (Å²) >= 11 is 1.85. The maximum atomic E-state index is 12.0. The molecular formula is C17H27N3O2S. The molecule has 0 saturated heterocycles. The Bertz CT molecular complexity index is 526. The van der Waals surface area contributed by atoms with E-state index in [4.69, 9.17) is 0 Å². The monoisotopic (exact) mass is 337 g/mol. The normalized spacial score (nSPS) is 26.3. The predicted octanol–water partition coefficient (Wildman–Crippen LogP) is 2.10. The number of rotatable bonds is 4. The van der Waals surface area contributed by atoms with Gasteiger partial charge in [0.15, 0.2) is 0 Å². The molecule has 1 saturated carbocycles. The molecule has 1 unspecified atom stereocenters. The van der Waals surface area contributed by atoms with Gasteiger partial charge in [0.05, 0.1) is 6.10 Å². The highest BCUT2D eigenvalue weighted by Gasteiger charge is 2.23. The van der Waals surface area contributed by atoms with E-state index in [1.807, 2.05) is 11.3 Å². The number of thiophene rings is 1. The highest BCUT2D eigenvalue weighted by molar-refractivity contribution is 7.10. The van der Waals surface area contributed by atoms with Crippen LogP contribution in [0.1, 0.15) is 43.0 Å². The molecule has 0 spiro atoms. The maximum Gasteiger partial charge on any atom is 0.315 e. The second-order valence-electron chi connectivity index (χ2n) is 6.80. The summed E-state index contributed by atoms with van der Waals surface area (Å²) in [6.45, 7) is 4.90. The maximum absolute atomic E-state index is 12.0. The Kier molecular flexibility index (Phi) is 5.56. The third kappa shape index (κ3) is 4.46. The number of hydrogen-bond acceptors (Lipinski definition) is 4. The van der Waals surface area contributed by atoms with Crippen LogP contribution in [0.25, 0.3) is 0 Å². The molecule has 2 aliphatic rings. The first kappa shape index (κ1) is 16.7. The Hall–Kier alpha value is -1.11. The van der Waals surface area contributed by atoms with Crippen LogP contribution in [-0.4, -0.2) is 47.3 Å². The quantitative estimate of drug-likeness (QED) is 0.788. The van der Waals surface area contributed by atoms with Gasteiger partial charge in [-0.3, -0.25) is 4.90 Å². The molecule has 1 aliphatic carbocycles. The fourth-order valence-electron chi connectivity index (χ4n) is 3.47. The van der Waals surface area contributed by atoms with Gasteiger partial charge in [0.1, 0.15) is 0 Å². The molecule has 3 rings (SSSR count). The summed E-state index contributed by atoms with van der Waals surface area (Å²) in [6, 6.07) is 2.68. The van der Waals surface area contributed by atoms with Crippen molar-refractivity contribution < 1.29 is 9.90 Å². The molecule has 1 fully saturated rings. The van der Waals surface area contributed by atoms with Gasteiger partial charge in [-0.25, -0.2) is 4.79 Å². The van der Waals surface area contributed by atoms with E-state index in [0.29, 0.717) is 12.6 Å². The highest BCUT2D eigenvalue weighted by Crippen LogP contribution is 2.25. The van der Waals surface area contributed by atoms with Crippen LogP contribution in [0.15, 0.2) is 11.4 Å². The van der Waals surface area contributed by atoms with Crippen LogP contribution in [0.2, 0.25) is 0 Å². The van der Waals surface area contributed by atoms with Gasteiger partial charge in [-0.2, -0.15) is 0 Å². The molecule has 6 heteroatoms. The van der Waals surface area contributed by atoms with Crippen LogP contribution in [0, 0.1) is 0 Å². The van der Waals surface area contributed by atoms with E-state index in [1.54, 1.807) is 0 Å². The number of nitrogens with one attached hydrogen (secondary N) is 2. The van der Waals surface area contributed by atoms with Crippen molar-refractivity contribution in [2.24, 2.45) is 0 Å². The number of carbonyl (C=O) groups is 1. The largest absolute Gasteiger partial charge is 0.393 e. The number of aliphatic hydroxyl groups excluding tert-OH is 1. The first-order chi connectivity index (χ1) is 11.1. The number of carbonyl (C=O) groups excluding carboxylic acids is 1. The molecule has 1 aliphatic heterocycles.